The summed E-state index contributed by atoms with van der Waals surface area (Å²) in [7, 11) is 1.89. The lowest BCUT2D eigenvalue weighted by molar-refractivity contribution is -0.0443. The van der Waals surface area contributed by atoms with Crippen LogP contribution in [-0.4, -0.2) is 33.7 Å². The van der Waals surface area contributed by atoms with Gasteiger partial charge in [0.1, 0.15) is 0 Å². The van der Waals surface area contributed by atoms with Gasteiger partial charge in [0.2, 0.25) is 0 Å². The molecular formula is C12H20N2O2. The highest BCUT2D eigenvalue weighted by molar-refractivity contribution is 5.02. The van der Waals surface area contributed by atoms with Crippen molar-refractivity contribution in [1.29, 1.82) is 0 Å². The first kappa shape index (κ1) is 11.6. The van der Waals surface area contributed by atoms with Gasteiger partial charge in [-0.1, -0.05) is 0 Å². The number of ether oxygens (including phenoxy) is 1. The fourth-order valence-corrected chi connectivity index (χ4v) is 2.08. The Morgan fingerprint density at radius 1 is 1.62 bits per heavy atom. The van der Waals surface area contributed by atoms with Crippen LogP contribution >= 0.6 is 0 Å². The second-order valence-corrected chi connectivity index (χ2v) is 4.51. The third kappa shape index (κ3) is 2.83. The van der Waals surface area contributed by atoms with E-state index >= 15 is 0 Å². The van der Waals surface area contributed by atoms with Crippen molar-refractivity contribution in [2.24, 2.45) is 13.0 Å². The molecular weight excluding hydrogens is 204 g/mol. The zero-order valence-electron chi connectivity index (χ0n) is 9.97. The summed E-state index contributed by atoms with van der Waals surface area (Å²) in [6.45, 7) is 2.64. The van der Waals surface area contributed by atoms with Crippen LogP contribution in [0.1, 0.15) is 25.5 Å². The highest BCUT2D eigenvalue weighted by atomic mass is 16.5. The van der Waals surface area contributed by atoms with Crippen LogP contribution in [0.2, 0.25) is 0 Å². The average molecular weight is 224 g/mol. The van der Waals surface area contributed by atoms with Crippen LogP contribution in [0.15, 0.2) is 12.3 Å². The Hall–Kier alpha value is -0.870. The molecule has 16 heavy (non-hydrogen) atoms. The molecule has 1 aliphatic rings. The summed E-state index contributed by atoms with van der Waals surface area (Å²) in [6, 6.07) is 1.94. The summed E-state index contributed by atoms with van der Waals surface area (Å²) in [6.07, 6.45) is 4.42. The Kier molecular flexibility index (Phi) is 3.61. The van der Waals surface area contributed by atoms with Gasteiger partial charge in [0.15, 0.2) is 0 Å². The predicted octanol–water partition coefficient (Wildman–Crippen LogP) is 1.14. The van der Waals surface area contributed by atoms with Gasteiger partial charge >= 0.3 is 0 Å². The molecule has 1 aliphatic carbocycles. The van der Waals surface area contributed by atoms with Gasteiger partial charge in [-0.2, -0.15) is 5.10 Å². The Morgan fingerprint density at radius 3 is 2.88 bits per heavy atom. The minimum atomic E-state index is -0.428. The Bertz CT molecular complexity index is 334. The SMILES string of the molecule is CCOC(C(O)Cc1ccn(C)n1)C1CC1. The topological polar surface area (TPSA) is 47.3 Å². The van der Waals surface area contributed by atoms with Crippen molar-refractivity contribution >= 4 is 0 Å². The second kappa shape index (κ2) is 4.97. The van der Waals surface area contributed by atoms with Crippen LogP contribution in [0.25, 0.3) is 0 Å². The Morgan fingerprint density at radius 2 is 2.38 bits per heavy atom. The Balaban J connectivity index is 1.91. The smallest absolute Gasteiger partial charge is 0.0865 e. The first-order valence-corrected chi connectivity index (χ1v) is 5.99. The zero-order chi connectivity index (χ0) is 11.5. The van der Waals surface area contributed by atoms with E-state index in [-0.39, 0.29) is 6.10 Å². The van der Waals surface area contributed by atoms with Crippen molar-refractivity contribution in [1.82, 2.24) is 9.78 Å². The van der Waals surface area contributed by atoms with Crippen molar-refractivity contribution in [3.05, 3.63) is 18.0 Å². The molecule has 1 N–H and O–H groups in total. The van der Waals surface area contributed by atoms with Gasteiger partial charge in [-0.25, -0.2) is 0 Å². The monoisotopic (exact) mass is 224 g/mol. The molecule has 1 aromatic heterocycles. The molecule has 1 fully saturated rings. The van der Waals surface area contributed by atoms with Crippen LogP contribution in [0, 0.1) is 5.92 Å². The van der Waals surface area contributed by atoms with E-state index in [1.165, 1.54) is 12.8 Å². The lowest BCUT2D eigenvalue weighted by Crippen LogP contribution is -2.33. The summed E-state index contributed by atoms with van der Waals surface area (Å²) in [5, 5.41) is 14.4. The quantitative estimate of drug-likeness (QED) is 0.788. The first-order chi connectivity index (χ1) is 7.70. The van der Waals surface area contributed by atoms with Crippen molar-refractivity contribution in [3.63, 3.8) is 0 Å². The first-order valence-electron chi connectivity index (χ1n) is 5.99. The third-order valence-electron chi connectivity index (χ3n) is 3.01. The number of rotatable bonds is 6. The number of nitrogens with zero attached hydrogens (tertiary/aromatic N) is 2. The maximum absolute atomic E-state index is 10.1. The summed E-state index contributed by atoms with van der Waals surface area (Å²) >= 11 is 0. The van der Waals surface area contributed by atoms with E-state index in [1.54, 1.807) is 4.68 Å². The largest absolute Gasteiger partial charge is 0.390 e. The molecule has 4 nitrogen and oxygen atoms in total. The van der Waals surface area contributed by atoms with Gasteiger partial charge in [-0.05, 0) is 31.7 Å². The molecule has 4 heteroatoms. The normalized spacial score (nSPS) is 19.7. The summed E-state index contributed by atoms with van der Waals surface area (Å²) in [4.78, 5) is 0. The molecule has 0 bridgehead atoms. The van der Waals surface area contributed by atoms with Crippen LogP contribution in [0.5, 0.6) is 0 Å². The van der Waals surface area contributed by atoms with Crippen molar-refractivity contribution < 1.29 is 9.84 Å². The maximum atomic E-state index is 10.1. The van der Waals surface area contributed by atoms with Crippen LogP contribution in [0.3, 0.4) is 0 Å². The molecule has 0 radical (unpaired) electrons. The van der Waals surface area contributed by atoms with Crippen molar-refractivity contribution in [3.8, 4) is 0 Å². The lowest BCUT2D eigenvalue weighted by atomic mass is 10.0. The summed E-state index contributed by atoms with van der Waals surface area (Å²) < 4.78 is 7.38. The van der Waals surface area contributed by atoms with Gasteiger partial charge in [0.05, 0.1) is 17.9 Å². The molecule has 2 unspecified atom stereocenters. The molecule has 0 saturated heterocycles. The Labute approximate surface area is 96.2 Å². The molecule has 1 heterocycles. The van der Waals surface area contributed by atoms with Crippen LogP contribution in [0.4, 0.5) is 0 Å². The average Bonchev–Trinajstić information content (AvgIpc) is 3.00. The predicted molar refractivity (Wildman–Crippen MR) is 61.1 cm³/mol. The molecule has 1 aromatic rings. The molecule has 2 atom stereocenters. The number of hydrogen-bond acceptors (Lipinski definition) is 3. The van der Waals surface area contributed by atoms with E-state index in [9.17, 15) is 5.11 Å². The summed E-state index contributed by atoms with van der Waals surface area (Å²) in [5.41, 5.74) is 0.931. The molecule has 0 aliphatic heterocycles. The van der Waals surface area contributed by atoms with Gasteiger partial charge in [0, 0.05) is 26.3 Å². The fourth-order valence-electron chi connectivity index (χ4n) is 2.08. The third-order valence-corrected chi connectivity index (χ3v) is 3.01. The van der Waals surface area contributed by atoms with Gasteiger partial charge < -0.3 is 9.84 Å². The van der Waals surface area contributed by atoms with Crippen LogP contribution < -0.4 is 0 Å². The number of aromatic nitrogens is 2. The highest BCUT2D eigenvalue weighted by Crippen LogP contribution is 2.36. The van der Waals surface area contributed by atoms with E-state index in [1.807, 2.05) is 26.2 Å². The molecule has 1 saturated carbocycles. The fraction of sp³-hybridized carbons (Fsp3) is 0.750. The lowest BCUT2D eigenvalue weighted by Gasteiger charge is -2.21. The minimum absolute atomic E-state index is 0.00740. The van der Waals surface area contributed by atoms with Gasteiger partial charge in [-0.15, -0.1) is 0 Å². The van der Waals surface area contributed by atoms with Crippen LogP contribution in [-0.2, 0) is 18.2 Å². The number of aryl methyl sites for hydroxylation is 1. The van der Waals surface area contributed by atoms with E-state index in [2.05, 4.69) is 5.10 Å². The summed E-state index contributed by atoms with van der Waals surface area (Å²) in [5.74, 6) is 0.554. The van der Waals surface area contributed by atoms with Crippen molar-refractivity contribution in [2.45, 2.75) is 38.4 Å². The van der Waals surface area contributed by atoms with E-state index < -0.39 is 6.10 Å². The number of hydrogen-bond donors (Lipinski definition) is 1. The van der Waals surface area contributed by atoms with Gasteiger partial charge in [-0.3, -0.25) is 4.68 Å². The number of aliphatic hydroxyl groups is 1. The zero-order valence-corrected chi connectivity index (χ0v) is 9.97. The van der Waals surface area contributed by atoms with Crippen molar-refractivity contribution in [2.75, 3.05) is 6.61 Å². The second-order valence-electron chi connectivity index (χ2n) is 4.51. The van der Waals surface area contributed by atoms with E-state index in [0.717, 1.165) is 5.69 Å². The molecule has 0 amide bonds. The maximum Gasteiger partial charge on any atom is 0.0865 e. The molecule has 2 rings (SSSR count). The highest BCUT2D eigenvalue weighted by Gasteiger charge is 2.36. The molecule has 0 spiro atoms. The molecule has 90 valence electrons. The molecule has 0 aromatic carbocycles. The van der Waals surface area contributed by atoms with E-state index in [4.69, 9.17) is 4.74 Å². The van der Waals surface area contributed by atoms with E-state index in [0.29, 0.717) is 18.9 Å². The minimum Gasteiger partial charge on any atom is -0.390 e. The standard InChI is InChI=1S/C12H20N2O2/c1-3-16-12(9-4-5-9)11(15)8-10-6-7-14(2)13-10/h6-7,9,11-12,15H,3-5,8H2,1-2H3. The number of aliphatic hydroxyl groups excluding tert-OH is 1. The van der Waals surface area contributed by atoms with Gasteiger partial charge in [0.25, 0.3) is 0 Å².